The van der Waals surface area contributed by atoms with Crippen molar-refractivity contribution in [2.45, 2.75) is 6.92 Å². The van der Waals surface area contributed by atoms with E-state index in [-0.39, 0.29) is 34.1 Å². The molecular weight excluding hydrogens is 596 g/mol. The number of anilines is 1. The normalized spacial score (nSPS) is 10.7. The van der Waals surface area contributed by atoms with Gasteiger partial charge < -0.3 is 19.5 Å². The van der Waals surface area contributed by atoms with Crippen LogP contribution in [0.2, 0.25) is 0 Å². The molecule has 0 spiro atoms. The Hall–Kier alpha value is -6.63. The SMILES string of the molecule is COc1cc(C(=O)Nc2cccc(C(=O)NN=Cc3ccccc3OC(=O)/C=C/c3ccc([N+](=O)[O-])cc3)c2)ccc1OC(C)=O. The van der Waals surface area contributed by atoms with Crippen molar-refractivity contribution in [3.05, 3.63) is 129 Å². The number of nitrogens with one attached hydrogen (secondary N) is 2. The van der Waals surface area contributed by atoms with E-state index in [9.17, 15) is 29.3 Å². The molecule has 4 aromatic rings. The second-order valence-electron chi connectivity index (χ2n) is 9.33. The minimum atomic E-state index is -0.694. The van der Waals surface area contributed by atoms with E-state index in [2.05, 4.69) is 15.8 Å². The van der Waals surface area contributed by atoms with Crippen LogP contribution in [0.1, 0.15) is 38.8 Å². The monoisotopic (exact) mass is 622 g/mol. The van der Waals surface area contributed by atoms with Crippen molar-refractivity contribution < 1.29 is 38.3 Å². The van der Waals surface area contributed by atoms with E-state index in [4.69, 9.17) is 14.2 Å². The highest BCUT2D eigenvalue weighted by Crippen LogP contribution is 2.28. The highest BCUT2D eigenvalue weighted by molar-refractivity contribution is 6.05. The van der Waals surface area contributed by atoms with Crippen LogP contribution in [0.3, 0.4) is 0 Å². The molecule has 0 radical (unpaired) electrons. The Morgan fingerprint density at radius 1 is 0.804 bits per heavy atom. The van der Waals surface area contributed by atoms with Crippen molar-refractivity contribution in [1.82, 2.24) is 5.43 Å². The average molecular weight is 623 g/mol. The molecule has 4 rings (SSSR count). The van der Waals surface area contributed by atoms with Gasteiger partial charge in [0.1, 0.15) is 5.75 Å². The van der Waals surface area contributed by atoms with Gasteiger partial charge >= 0.3 is 11.9 Å². The first-order valence-electron chi connectivity index (χ1n) is 13.5. The fourth-order valence-electron chi connectivity index (χ4n) is 3.91. The third-order valence-corrected chi connectivity index (χ3v) is 6.08. The summed E-state index contributed by atoms with van der Waals surface area (Å²) in [7, 11) is 1.38. The highest BCUT2D eigenvalue weighted by atomic mass is 16.6. The number of rotatable bonds is 11. The number of nitrogens with zero attached hydrogens (tertiary/aromatic N) is 2. The van der Waals surface area contributed by atoms with Crippen LogP contribution in [0.25, 0.3) is 6.08 Å². The second-order valence-corrected chi connectivity index (χ2v) is 9.33. The van der Waals surface area contributed by atoms with Gasteiger partial charge in [-0.2, -0.15) is 5.10 Å². The van der Waals surface area contributed by atoms with E-state index in [0.29, 0.717) is 16.8 Å². The molecular formula is C33H26N4O9. The predicted molar refractivity (Wildman–Crippen MR) is 168 cm³/mol. The molecule has 13 nitrogen and oxygen atoms in total. The number of nitro groups is 1. The van der Waals surface area contributed by atoms with Gasteiger partial charge in [0.2, 0.25) is 0 Å². The summed E-state index contributed by atoms with van der Waals surface area (Å²) in [6, 6.07) is 22.7. The maximum Gasteiger partial charge on any atom is 0.336 e. The number of methoxy groups -OCH3 is 1. The zero-order chi connectivity index (χ0) is 33.1. The fraction of sp³-hybridized carbons (Fsp3) is 0.0606. The van der Waals surface area contributed by atoms with E-state index >= 15 is 0 Å². The van der Waals surface area contributed by atoms with Crippen LogP contribution in [-0.2, 0) is 9.59 Å². The molecule has 46 heavy (non-hydrogen) atoms. The second kappa shape index (κ2) is 15.2. The van der Waals surface area contributed by atoms with E-state index < -0.39 is 28.7 Å². The molecule has 0 fully saturated rings. The standard InChI is InChI=1S/C33H26N4O9/c1-21(38)45-29-16-13-24(19-30(29)44-2)32(40)35-26-8-5-7-23(18-26)33(41)36-34-20-25-6-3-4-9-28(25)46-31(39)17-12-22-10-14-27(15-11-22)37(42)43/h3-20H,1-2H3,(H,35,40)(H,36,41)/b17-12+,34-20?. The number of carbonyl (C=O) groups is 4. The average Bonchev–Trinajstić information content (AvgIpc) is 3.04. The van der Waals surface area contributed by atoms with E-state index in [1.54, 1.807) is 36.4 Å². The lowest BCUT2D eigenvalue weighted by Gasteiger charge is -2.11. The van der Waals surface area contributed by atoms with Crippen molar-refractivity contribution >= 4 is 47.4 Å². The molecule has 232 valence electrons. The van der Waals surface area contributed by atoms with Gasteiger partial charge in [0.15, 0.2) is 11.5 Å². The number of carbonyl (C=O) groups excluding carboxylic acids is 4. The van der Waals surface area contributed by atoms with Gasteiger partial charge in [-0.25, -0.2) is 10.2 Å². The summed E-state index contributed by atoms with van der Waals surface area (Å²) >= 11 is 0. The molecule has 0 atom stereocenters. The van der Waals surface area contributed by atoms with Crippen molar-refractivity contribution in [2.24, 2.45) is 5.10 Å². The number of non-ortho nitro benzene ring substituents is 1. The Kier molecular flexibility index (Phi) is 10.7. The molecule has 4 aromatic carbocycles. The molecule has 0 aliphatic heterocycles. The topological polar surface area (TPSA) is 176 Å². The zero-order valence-corrected chi connectivity index (χ0v) is 24.5. The third kappa shape index (κ3) is 8.94. The summed E-state index contributed by atoms with van der Waals surface area (Å²) in [6.07, 6.45) is 3.94. The first-order chi connectivity index (χ1) is 22.1. The number of ether oxygens (including phenoxy) is 3. The summed E-state index contributed by atoms with van der Waals surface area (Å²) in [6.45, 7) is 1.25. The number of amides is 2. The molecule has 0 saturated carbocycles. The van der Waals surface area contributed by atoms with Gasteiger partial charge in [-0.05, 0) is 72.3 Å². The lowest BCUT2D eigenvalue weighted by atomic mass is 10.1. The first kappa shape index (κ1) is 32.3. The Balaban J connectivity index is 1.36. The molecule has 0 saturated heterocycles. The molecule has 0 bridgehead atoms. The van der Waals surface area contributed by atoms with Gasteiger partial charge in [0.05, 0.1) is 18.2 Å². The zero-order valence-electron chi connectivity index (χ0n) is 24.5. The van der Waals surface area contributed by atoms with Crippen molar-refractivity contribution in [3.63, 3.8) is 0 Å². The van der Waals surface area contributed by atoms with Crippen LogP contribution in [0.15, 0.2) is 102 Å². The molecule has 13 heteroatoms. The minimum absolute atomic E-state index is 0.0675. The van der Waals surface area contributed by atoms with E-state index in [0.717, 1.165) is 0 Å². The summed E-state index contributed by atoms with van der Waals surface area (Å²) in [4.78, 5) is 59.5. The highest BCUT2D eigenvalue weighted by Gasteiger charge is 2.14. The Morgan fingerprint density at radius 3 is 2.26 bits per heavy atom. The number of nitro benzene ring substituents is 1. The largest absolute Gasteiger partial charge is 0.493 e. The van der Waals surface area contributed by atoms with Crippen LogP contribution < -0.4 is 25.0 Å². The van der Waals surface area contributed by atoms with Gasteiger partial charge in [-0.15, -0.1) is 0 Å². The van der Waals surface area contributed by atoms with Crippen LogP contribution in [0.5, 0.6) is 17.2 Å². The number of esters is 2. The van der Waals surface area contributed by atoms with Crippen molar-refractivity contribution in [3.8, 4) is 17.2 Å². The summed E-state index contributed by atoms with van der Waals surface area (Å²) in [5.74, 6) is -1.74. The molecule has 0 aromatic heterocycles. The van der Waals surface area contributed by atoms with Gasteiger partial charge in [-0.3, -0.25) is 24.5 Å². The number of para-hydroxylation sites is 1. The number of hydrogen-bond acceptors (Lipinski definition) is 10. The smallest absolute Gasteiger partial charge is 0.336 e. The van der Waals surface area contributed by atoms with Crippen molar-refractivity contribution in [2.75, 3.05) is 12.4 Å². The van der Waals surface area contributed by atoms with Crippen molar-refractivity contribution in [1.29, 1.82) is 0 Å². The molecule has 0 aliphatic carbocycles. The minimum Gasteiger partial charge on any atom is -0.493 e. The van der Waals surface area contributed by atoms with E-state index in [1.807, 2.05) is 0 Å². The van der Waals surface area contributed by atoms with E-state index in [1.165, 1.54) is 87.0 Å². The third-order valence-electron chi connectivity index (χ3n) is 6.08. The predicted octanol–water partition coefficient (Wildman–Crippen LogP) is 5.16. The Bertz CT molecular complexity index is 1850. The molecule has 0 heterocycles. The van der Waals surface area contributed by atoms with Gasteiger partial charge in [-0.1, -0.05) is 18.2 Å². The molecule has 0 unspecified atom stereocenters. The maximum absolute atomic E-state index is 12.8. The van der Waals surface area contributed by atoms with Gasteiger partial charge in [0, 0.05) is 47.5 Å². The number of hydrazone groups is 1. The number of benzene rings is 4. The Labute approximate surface area is 262 Å². The molecule has 2 N–H and O–H groups in total. The lowest BCUT2D eigenvalue weighted by molar-refractivity contribution is -0.384. The quantitative estimate of drug-likeness (QED) is 0.0571. The number of hydrogen-bond donors (Lipinski definition) is 2. The fourth-order valence-corrected chi connectivity index (χ4v) is 3.91. The first-order valence-corrected chi connectivity index (χ1v) is 13.5. The summed E-state index contributed by atoms with van der Waals surface area (Å²) in [5.41, 5.74) is 4.06. The maximum atomic E-state index is 12.8. The van der Waals surface area contributed by atoms with Crippen LogP contribution in [0.4, 0.5) is 11.4 Å². The summed E-state index contributed by atoms with van der Waals surface area (Å²) in [5, 5.41) is 17.5. The molecule has 2 amide bonds. The summed E-state index contributed by atoms with van der Waals surface area (Å²) < 4.78 is 15.6. The van der Waals surface area contributed by atoms with Crippen LogP contribution in [-0.4, -0.2) is 42.0 Å². The van der Waals surface area contributed by atoms with Gasteiger partial charge in [0.25, 0.3) is 17.5 Å². The lowest BCUT2D eigenvalue weighted by Crippen LogP contribution is -2.18. The van der Waals surface area contributed by atoms with Crippen LogP contribution in [0, 0.1) is 10.1 Å². The van der Waals surface area contributed by atoms with Crippen LogP contribution >= 0.6 is 0 Å². The molecule has 0 aliphatic rings. The Morgan fingerprint density at radius 2 is 1.54 bits per heavy atom.